The lowest BCUT2D eigenvalue weighted by Gasteiger charge is -2.15. The van der Waals surface area contributed by atoms with E-state index in [1.165, 1.54) is 32.1 Å². The molecule has 1 fully saturated rings. The van der Waals surface area contributed by atoms with Crippen molar-refractivity contribution >= 4 is 11.3 Å². The summed E-state index contributed by atoms with van der Waals surface area (Å²) in [6, 6.07) is 0. The van der Waals surface area contributed by atoms with E-state index in [9.17, 15) is 0 Å². The zero-order chi connectivity index (χ0) is 12.3. The molecular weight excluding hydrogens is 226 g/mol. The molecule has 0 amide bonds. The van der Waals surface area contributed by atoms with Crippen LogP contribution in [0, 0.1) is 5.92 Å². The molecule has 1 aromatic heterocycles. The zero-order valence-electron chi connectivity index (χ0n) is 11.4. The molecule has 96 valence electrons. The van der Waals surface area contributed by atoms with Crippen molar-refractivity contribution in [1.29, 1.82) is 0 Å². The van der Waals surface area contributed by atoms with Crippen molar-refractivity contribution < 1.29 is 0 Å². The van der Waals surface area contributed by atoms with E-state index in [0.717, 1.165) is 12.5 Å². The van der Waals surface area contributed by atoms with Crippen LogP contribution in [0.25, 0.3) is 0 Å². The number of aryl methyl sites for hydroxylation is 2. The zero-order valence-corrected chi connectivity index (χ0v) is 12.2. The summed E-state index contributed by atoms with van der Waals surface area (Å²) >= 11 is 2.00. The minimum atomic E-state index is 0.662. The first-order valence-electron chi connectivity index (χ1n) is 7.00. The standard InChI is InChI=1S/C15H25NS/c1-4-13-10-17-14(8-7-12-5-6-12)15(13)11(2)9-16-3/h10-12,16H,4-9H2,1-3H3/t11-/m0/s1. The highest BCUT2D eigenvalue weighted by molar-refractivity contribution is 7.10. The third-order valence-electron chi connectivity index (χ3n) is 3.85. The number of rotatable bonds is 7. The molecule has 1 heterocycles. The van der Waals surface area contributed by atoms with Crippen molar-refractivity contribution in [3.05, 3.63) is 21.4 Å². The number of likely N-dealkylation sites (N-methyl/N-ethyl adjacent to an activating group) is 1. The molecule has 0 aromatic carbocycles. The van der Waals surface area contributed by atoms with Crippen molar-refractivity contribution in [3.8, 4) is 0 Å². The van der Waals surface area contributed by atoms with Crippen LogP contribution in [0.4, 0.5) is 0 Å². The number of hydrogen-bond acceptors (Lipinski definition) is 2. The molecule has 1 saturated carbocycles. The van der Waals surface area contributed by atoms with Gasteiger partial charge in [-0.15, -0.1) is 11.3 Å². The summed E-state index contributed by atoms with van der Waals surface area (Å²) in [7, 11) is 2.05. The largest absolute Gasteiger partial charge is 0.319 e. The fourth-order valence-corrected chi connectivity index (χ4v) is 3.93. The van der Waals surface area contributed by atoms with Crippen LogP contribution in [0.3, 0.4) is 0 Å². The average Bonchev–Trinajstić information content (AvgIpc) is 3.05. The molecule has 1 nitrogen and oxygen atoms in total. The Labute approximate surface area is 110 Å². The highest BCUT2D eigenvalue weighted by Gasteiger charge is 2.23. The van der Waals surface area contributed by atoms with Crippen LogP contribution in [0.2, 0.25) is 0 Å². The maximum atomic E-state index is 3.32. The van der Waals surface area contributed by atoms with Crippen LogP contribution in [0.15, 0.2) is 5.38 Å². The summed E-state index contributed by atoms with van der Waals surface area (Å²) in [5.41, 5.74) is 3.25. The number of hydrogen-bond donors (Lipinski definition) is 1. The van der Waals surface area contributed by atoms with E-state index in [1.807, 2.05) is 11.3 Å². The van der Waals surface area contributed by atoms with Gasteiger partial charge in [0.25, 0.3) is 0 Å². The highest BCUT2D eigenvalue weighted by atomic mass is 32.1. The van der Waals surface area contributed by atoms with E-state index >= 15 is 0 Å². The molecule has 1 N–H and O–H groups in total. The molecule has 2 rings (SSSR count). The minimum Gasteiger partial charge on any atom is -0.319 e. The van der Waals surface area contributed by atoms with Gasteiger partial charge in [-0.3, -0.25) is 0 Å². The monoisotopic (exact) mass is 251 g/mol. The van der Waals surface area contributed by atoms with Gasteiger partial charge in [0.1, 0.15) is 0 Å². The first kappa shape index (κ1) is 13.1. The second-order valence-corrected chi connectivity index (χ2v) is 6.36. The van der Waals surface area contributed by atoms with Crippen molar-refractivity contribution in [2.24, 2.45) is 5.92 Å². The Morgan fingerprint density at radius 2 is 2.24 bits per heavy atom. The maximum Gasteiger partial charge on any atom is 0.00833 e. The Hall–Kier alpha value is -0.340. The topological polar surface area (TPSA) is 12.0 Å². The predicted octanol–water partition coefficient (Wildman–Crippen LogP) is 3.98. The molecule has 1 atom stereocenters. The number of nitrogens with one attached hydrogen (secondary N) is 1. The van der Waals surface area contributed by atoms with Gasteiger partial charge in [-0.05, 0) is 54.7 Å². The molecule has 1 aromatic rings. The molecule has 17 heavy (non-hydrogen) atoms. The Balaban J connectivity index is 2.09. The fraction of sp³-hybridized carbons (Fsp3) is 0.733. The quantitative estimate of drug-likeness (QED) is 0.773. The Morgan fingerprint density at radius 3 is 2.82 bits per heavy atom. The highest BCUT2D eigenvalue weighted by Crippen LogP contribution is 2.37. The molecule has 0 aliphatic heterocycles. The van der Waals surface area contributed by atoms with E-state index in [0.29, 0.717) is 5.92 Å². The lowest BCUT2D eigenvalue weighted by atomic mass is 9.94. The molecule has 0 spiro atoms. The predicted molar refractivity (Wildman–Crippen MR) is 77.1 cm³/mol. The van der Waals surface area contributed by atoms with Gasteiger partial charge in [0.2, 0.25) is 0 Å². The van der Waals surface area contributed by atoms with Crippen LogP contribution in [0.1, 0.15) is 55.0 Å². The van der Waals surface area contributed by atoms with Gasteiger partial charge in [-0.25, -0.2) is 0 Å². The van der Waals surface area contributed by atoms with Crippen molar-refractivity contribution in [1.82, 2.24) is 5.32 Å². The van der Waals surface area contributed by atoms with Gasteiger partial charge in [-0.1, -0.05) is 26.7 Å². The van der Waals surface area contributed by atoms with E-state index < -0.39 is 0 Å². The minimum absolute atomic E-state index is 0.662. The van der Waals surface area contributed by atoms with Gasteiger partial charge in [-0.2, -0.15) is 0 Å². The number of thiophene rings is 1. The molecular formula is C15H25NS. The summed E-state index contributed by atoms with van der Waals surface area (Å²) in [6.07, 6.45) is 6.88. The van der Waals surface area contributed by atoms with Gasteiger partial charge in [0.15, 0.2) is 0 Å². The van der Waals surface area contributed by atoms with Gasteiger partial charge in [0.05, 0.1) is 0 Å². The normalized spacial score (nSPS) is 17.4. The second kappa shape index (κ2) is 6.01. The Bertz CT molecular complexity index is 352. The first-order valence-corrected chi connectivity index (χ1v) is 7.87. The van der Waals surface area contributed by atoms with Gasteiger partial charge >= 0.3 is 0 Å². The third kappa shape index (κ3) is 3.32. The summed E-state index contributed by atoms with van der Waals surface area (Å²) in [4.78, 5) is 1.66. The summed E-state index contributed by atoms with van der Waals surface area (Å²) in [5.74, 6) is 1.71. The smallest absolute Gasteiger partial charge is 0.00833 e. The SMILES string of the molecule is CCc1csc(CCC2CC2)c1[C@@H](C)CNC. The van der Waals surface area contributed by atoms with Crippen LogP contribution in [-0.4, -0.2) is 13.6 Å². The van der Waals surface area contributed by atoms with Crippen LogP contribution in [0.5, 0.6) is 0 Å². The maximum absolute atomic E-state index is 3.32. The van der Waals surface area contributed by atoms with E-state index in [4.69, 9.17) is 0 Å². The molecule has 0 bridgehead atoms. The molecule has 2 heteroatoms. The Morgan fingerprint density at radius 1 is 1.47 bits per heavy atom. The van der Waals surface area contributed by atoms with Crippen LogP contribution in [-0.2, 0) is 12.8 Å². The molecule has 0 radical (unpaired) electrons. The van der Waals surface area contributed by atoms with Crippen LogP contribution >= 0.6 is 11.3 Å². The molecule has 1 aliphatic carbocycles. The van der Waals surface area contributed by atoms with Crippen molar-refractivity contribution in [2.45, 2.75) is 51.9 Å². The summed E-state index contributed by atoms with van der Waals surface area (Å²) in [6.45, 7) is 5.74. The molecule has 0 saturated heterocycles. The Kier molecular flexibility index (Phi) is 4.63. The first-order chi connectivity index (χ1) is 8.26. The lowest BCUT2D eigenvalue weighted by molar-refractivity contribution is 0.660. The third-order valence-corrected chi connectivity index (χ3v) is 4.96. The van der Waals surface area contributed by atoms with Gasteiger partial charge in [0, 0.05) is 11.4 Å². The fourth-order valence-electron chi connectivity index (χ4n) is 2.66. The van der Waals surface area contributed by atoms with E-state index in [2.05, 4.69) is 31.6 Å². The summed E-state index contributed by atoms with van der Waals surface area (Å²) < 4.78 is 0. The lowest BCUT2D eigenvalue weighted by Crippen LogP contribution is -2.16. The van der Waals surface area contributed by atoms with E-state index in [-0.39, 0.29) is 0 Å². The van der Waals surface area contributed by atoms with Crippen LogP contribution < -0.4 is 5.32 Å². The van der Waals surface area contributed by atoms with Crippen molar-refractivity contribution in [3.63, 3.8) is 0 Å². The molecule has 0 unspecified atom stereocenters. The summed E-state index contributed by atoms with van der Waals surface area (Å²) in [5, 5.41) is 5.71. The van der Waals surface area contributed by atoms with Crippen molar-refractivity contribution in [2.75, 3.05) is 13.6 Å². The molecule has 1 aliphatic rings. The second-order valence-electron chi connectivity index (χ2n) is 5.39. The average molecular weight is 251 g/mol. The van der Waals surface area contributed by atoms with Gasteiger partial charge < -0.3 is 5.32 Å². The van der Waals surface area contributed by atoms with E-state index in [1.54, 1.807) is 16.0 Å².